The van der Waals surface area contributed by atoms with Gasteiger partial charge in [0, 0.05) is 12.6 Å². The number of fused-ring (bicyclic) bond motifs is 5. The zero-order valence-corrected chi connectivity index (χ0v) is 12.8. The Hall–Kier alpha value is -0.770. The summed E-state index contributed by atoms with van der Waals surface area (Å²) in [4.78, 5) is 0. The molecule has 3 aliphatic rings. The number of para-hydroxylation sites is 1. The number of ether oxygens (including phenoxy) is 1. The van der Waals surface area contributed by atoms with Crippen molar-refractivity contribution in [3.8, 4) is 5.75 Å². The van der Waals surface area contributed by atoms with E-state index in [0.717, 1.165) is 23.7 Å². The van der Waals surface area contributed by atoms with Crippen molar-refractivity contribution in [1.82, 2.24) is 5.32 Å². The fourth-order valence-corrected chi connectivity index (χ4v) is 4.87. The van der Waals surface area contributed by atoms with E-state index in [0.29, 0.717) is 23.4 Å². The molecule has 3 nitrogen and oxygen atoms in total. The Morgan fingerprint density at radius 1 is 1.24 bits per heavy atom. The molecular formula is C17H22ClNO2. The highest BCUT2D eigenvalue weighted by Gasteiger charge is 2.64. The predicted molar refractivity (Wildman–Crippen MR) is 82.6 cm³/mol. The summed E-state index contributed by atoms with van der Waals surface area (Å²) in [6.07, 6.45) is 3.84. The normalized spacial score (nSPS) is 37.3. The van der Waals surface area contributed by atoms with Gasteiger partial charge in [-0.1, -0.05) is 23.7 Å². The molecule has 21 heavy (non-hydrogen) atoms. The van der Waals surface area contributed by atoms with Crippen molar-refractivity contribution in [2.75, 3.05) is 13.2 Å². The molecule has 2 N–H and O–H groups in total. The standard InChI is InChI=1S/C17H22ClNO2/c18-13-3-1-2-4-14(13)21-9-12(20)8-19-17-15-10-5-6-11(7-10)16(15)17/h1-4,10-12,15-17,19-20H,5-9H2. The second-order valence-electron chi connectivity index (χ2n) is 6.82. The van der Waals surface area contributed by atoms with E-state index in [1.54, 1.807) is 6.07 Å². The maximum Gasteiger partial charge on any atom is 0.138 e. The van der Waals surface area contributed by atoms with Gasteiger partial charge in [0.2, 0.25) is 0 Å². The molecule has 1 aromatic carbocycles. The Morgan fingerprint density at radius 3 is 2.67 bits per heavy atom. The molecule has 0 spiro atoms. The molecule has 2 bridgehead atoms. The molecule has 114 valence electrons. The van der Waals surface area contributed by atoms with Gasteiger partial charge in [0.05, 0.1) is 5.02 Å². The lowest BCUT2D eigenvalue weighted by Gasteiger charge is -2.15. The van der Waals surface area contributed by atoms with Crippen LogP contribution in [0, 0.1) is 23.7 Å². The van der Waals surface area contributed by atoms with Crippen LogP contribution in [0.4, 0.5) is 0 Å². The lowest BCUT2D eigenvalue weighted by molar-refractivity contribution is 0.105. The Kier molecular flexibility index (Phi) is 3.60. The summed E-state index contributed by atoms with van der Waals surface area (Å²) < 4.78 is 5.58. The Labute approximate surface area is 130 Å². The van der Waals surface area contributed by atoms with E-state index in [-0.39, 0.29) is 6.61 Å². The Balaban J connectivity index is 1.21. The maximum absolute atomic E-state index is 10.1. The van der Waals surface area contributed by atoms with E-state index in [1.165, 1.54) is 19.3 Å². The first-order chi connectivity index (χ1) is 10.2. The minimum atomic E-state index is -0.486. The van der Waals surface area contributed by atoms with E-state index in [9.17, 15) is 5.11 Å². The van der Waals surface area contributed by atoms with Gasteiger partial charge in [0.15, 0.2) is 0 Å². The second kappa shape index (κ2) is 5.45. The molecule has 0 heterocycles. The van der Waals surface area contributed by atoms with Crippen molar-refractivity contribution in [2.24, 2.45) is 23.7 Å². The third-order valence-corrected chi connectivity index (χ3v) is 5.90. The topological polar surface area (TPSA) is 41.5 Å². The van der Waals surface area contributed by atoms with Crippen LogP contribution in [0.5, 0.6) is 5.75 Å². The monoisotopic (exact) mass is 307 g/mol. The molecule has 5 unspecified atom stereocenters. The fraction of sp³-hybridized carbons (Fsp3) is 0.647. The number of hydrogen-bond acceptors (Lipinski definition) is 3. The van der Waals surface area contributed by atoms with Crippen LogP contribution in [0.1, 0.15) is 19.3 Å². The summed E-state index contributed by atoms with van der Waals surface area (Å²) in [7, 11) is 0. The van der Waals surface area contributed by atoms with Crippen molar-refractivity contribution in [3.05, 3.63) is 29.3 Å². The third-order valence-electron chi connectivity index (χ3n) is 5.59. The highest BCUT2D eigenvalue weighted by molar-refractivity contribution is 6.32. The number of rotatable bonds is 6. The quantitative estimate of drug-likeness (QED) is 0.849. The molecule has 0 saturated heterocycles. The molecule has 3 aliphatic carbocycles. The summed E-state index contributed by atoms with van der Waals surface area (Å²) >= 11 is 6.03. The van der Waals surface area contributed by atoms with Gasteiger partial charge in [-0.2, -0.15) is 0 Å². The van der Waals surface area contributed by atoms with Gasteiger partial charge in [-0.25, -0.2) is 0 Å². The average Bonchev–Trinajstić information content (AvgIpc) is 2.87. The van der Waals surface area contributed by atoms with Crippen LogP contribution in [0.15, 0.2) is 24.3 Å². The predicted octanol–water partition coefficient (Wildman–Crippen LogP) is 2.71. The molecule has 0 amide bonds. The zero-order valence-electron chi connectivity index (χ0n) is 12.0. The molecule has 3 saturated carbocycles. The van der Waals surface area contributed by atoms with Crippen LogP contribution in [0.3, 0.4) is 0 Å². The highest BCUT2D eigenvalue weighted by atomic mass is 35.5. The minimum Gasteiger partial charge on any atom is -0.489 e. The van der Waals surface area contributed by atoms with Crippen LogP contribution in [0.2, 0.25) is 5.02 Å². The largest absolute Gasteiger partial charge is 0.489 e. The molecule has 3 fully saturated rings. The van der Waals surface area contributed by atoms with Crippen molar-refractivity contribution in [3.63, 3.8) is 0 Å². The number of benzene rings is 1. The van der Waals surface area contributed by atoms with E-state index in [4.69, 9.17) is 16.3 Å². The molecular weight excluding hydrogens is 286 g/mol. The Bertz CT molecular complexity index is 507. The molecule has 5 atom stereocenters. The van der Waals surface area contributed by atoms with Crippen molar-refractivity contribution in [1.29, 1.82) is 0 Å². The van der Waals surface area contributed by atoms with Crippen molar-refractivity contribution < 1.29 is 9.84 Å². The van der Waals surface area contributed by atoms with Crippen molar-refractivity contribution >= 4 is 11.6 Å². The molecule has 0 aromatic heterocycles. The lowest BCUT2D eigenvalue weighted by Crippen LogP contribution is -2.34. The summed E-state index contributed by atoms with van der Waals surface area (Å²) in [5, 5.41) is 14.2. The number of halogens is 1. The Morgan fingerprint density at radius 2 is 1.95 bits per heavy atom. The van der Waals surface area contributed by atoms with Crippen LogP contribution in [-0.2, 0) is 0 Å². The number of hydrogen-bond donors (Lipinski definition) is 2. The first-order valence-electron chi connectivity index (χ1n) is 8.03. The van der Waals surface area contributed by atoms with E-state index in [1.807, 2.05) is 18.2 Å². The molecule has 1 aromatic rings. The first kappa shape index (κ1) is 13.9. The number of nitrogens with one attached hydrogen (secondary N) is 1. The summed E-state index contributed by atoms with van der Waals surface area (Å²) in [5.74, 6) is 4.38. The minimum absolute atomic E-state index is 0.283. The van der Waals surface area contributed by atoms with Crippen LogP contribution < -0.4 is 10.1 Å². The van der Waals surface area contributed by atoms with E-state index < -0.39 is 6.10 Å². The molecule has 0 radical (unpaired) electrons. The SMILES string of the molecule is OC(CNC1C2C3CCC(C3)C12)COc1ccccc1Cl. The van der Waals surface area contributed by atoms with E-state index in [2.05, 4.69) is 5.32 Å². The highest BCUT2D eigenvalue weighted by Crippen LogP contribution is 2.65. The smallest absolute Gasteiger partial charge is 0.138 e. The first-order valence-corrected chi connectivity index (χ1v) is 8.40. The van der Waals surface area contributed by atoms with Gasteiger partial charge >= 0.3 is 0 Å². The number of aliphatic hydroxyl groups is 1. The van der Waals surface area contributed by atoms with Crippen LogP contribution in [-0.4, -0.2) is 30.4 Å². The molecule has 4 heteroatoms. The summed E-state index contributed by atoms with van der Waals surface area (Å²) in [5.41, 5.74) is 0. The van der Waals surface area contributed by atoms with Gasteiger partial charge in [0.25, 0.3) is 0 Å². The van der Waals surface area contributed by atoms with Gasteiger partial charge in [-0.3, -0.25) is 0 Å². The maximum atomic E-state index is 10.1. The van der Waals surface area contributed by atoms with Crippen LogP contribution in [0.25, 0.3) is 0 Å². The second-order valence-corrected chi connectivity index (χ2v) is 7.22. The van der Waals surface area contributed by atoms with Gasteiger partial charge in [-0.15, -0.1) is 0 Å². The van der Waals surface area contributed by atoms with Gasteiger partial charge in [-0.05, 0) is 55.1 Å². The summed E-state index contributed by atoms with van der Waals surface area (Å²) in [6, 6.07) is 8.03. The van der Waals surface area contributed by atoms with E-state index >= 15 is 0 Å². The average molecular weight is 308 g/mol. The van der Waals surface area contributed by atoms with Gasteiger partial charge in [0.1, 0.15) is 18.5 Å². The van der Waals surface area contributed by atoms with Gasteiger partial charge < -0.3 is 15.2 Å². The fourth-order valence-electron chi connectivity index (χ4n) is 4.68. The lowest BCUT2D eigenvalue weighted by atomic mass is 10.0. The molecule has 4 rings (SSSR count). The zero-order chi connectivity index (χ0) is 14.4. The third kappa shape index (κ3) is 2.56. The molecule has 0 aliphatic heterocycles. The summed E-state index contributed by atoms with van der Waals surface area (Å²) in [6.45, 7) is 0.896. The number of aliphatic hydroxyl groups excluding tert-OH is 1. The van der Waals surface area contributed by atoms with Crippen LogP contribution >= 0.6 is 11.6 Å². The van der Waals surface area contributed by atoms with Crippen molar-refractivity contribution in [2.45, 2.75) is 31.4 Å².